The molecule has 2 aromatic rings. The van der Waals surface area contributed by atoms with Gasteiger partial charge in [0.1, 0.15) is 13.2 Å². The number of cyclic esters (lactones) is 1. The third-order valence-corrected chi connectivity index (χ3v) is 5.85. The number of hydrogen-bond donors (Lipinski definition) is 2. The monoisotopic (exact) mass is 439 g/mol. The first-order valence-electron chi connectivity index (χ1n) is 9.86. The number of rotatable bonds is 4. The van der Waals surface area contributed by atoms with Crippen molar-refractivity contribution in [2.75, 3.05) is 18.5 Å². The molecule has 160 valence electrons. The highest BCUT2D eigenvalue weighted by Crippen LogP contribution is 2.36. The van der Waals surface area contributed by atoms with Crippen molar-refractivity contribution in [3.05, 3.63) is 74.9 Å². The quantitative estimate of drug-likeness (QED) is 0.709. The first kappa shape index (κ1) is 20.9. The molecular weight excluding hydrogens is 418 g/mol. The van der Waals surface area contributed by atoms with Crippen LogP contribution in [-0.2, 0) is 14.3 Å². The molecule has 0 saturated heterocycles. The molecular formula is C23H22ClN3O4. The van der Waals surface area contributed by atoms with Gasteiger partial charge in [0, 0.05) is 0 Å². The Bertz CT molecular complexity index is 1120. The zero-order chi connectivity index (χ0) is 22.3. The maximum absolute atomic E-state index is 13.0. The number of nitrogens with zero attached hydrogens (tertiary/aromatic N) is 1. The zero-order valence-corrected chi connectivity index (χ0v) is 18.2. The molecule has 1 unspecified atom stereocenters. The number of ether oxygens (including phenoxy) is 1. The van der Waals surface area contributed by atoms with Crippen LogP contribution in [0.2, 0.25) is 5.02 Å². The molecule has 2 aliphatic heterocycles. The minimum atomic E-state index is -0.623. The van der Waals surface area contributed by atoms with Gasteiger partial charge >= 0.3 is 12.0 Å². The predicted octanol–water partition coefficient (Wildman–Crippen LogP) is 3.78. The lowest BCUT2D eigenvalue weighted by atomic mass is 9.91. The normalized spacial score (nSPS) is 17.9. The van der Waals surface area contributed by atoms with Gasteiger partial charge in [-0.25, -0.2) is 9.59 Å². The van der Waals surface area contributed by atoms with E-state index in [0.717, 1.165) is 22.3 Å². The number of esters is 1. The van der Waals surface area contributed by atoms with Gasteiger partial charge in [-0.15, -0.1) is 0 Å². The minimum absolute atomic E-state index is 0.0542. The van der Waals surface area contributed by atoms with Gasteiger partial charge in [-0.2, -0.15) is 0 Å². The molecule has 31 heavy (non-hydrogen) atoms. The Balaban J connectivity index is 1.64. The molecule has 2 aliphatic rings. The van der Waals surface area contributed by atoms with E-state index in [0.29, 0.717) is 22.0 Å². The number of amides is 3. The second kappa shape index (κ2) is 8.07. The summed E-state index contributed by atoms with van der Waals surface area (Å²) in [6.45, 7) is 5.37. The van der Waals surface area contributed by atoms with E-state index in [-0.39, 0.29) is 13.2 Å². The largest absolute Gasteiger partial charge is 0.456 e. The topological polar surface area (TPSA) is 87.7 Å². The Labute approximate surface area is 185 Å². The Kier molecular flexibility index (Phi) is 5.45. The summed E-state index contributed by atoms with van der Waals surface area (Å²) in [6.07, 6.45) is 0. The highest BCUT2D eigenvalue weighted by Gasteiger charge is 2.43. The van der Waals surface area contributed by atoms with Gasteiger partial charge in [-0.3, -0.25) is 9.69 Å². The summed E-state index contributed by atoms with van der Waals surface area (Å²) in [5.74, 6) is -0.920. The molecule has 0 aromatic heterocycles. The molecule has 0 radical (unpaired) electrons. The van der Waals surface area contributed by atoms with Crippen LogP contribution >= 0.6 is 11.6 Å². The summed E-state index contributed by atoms with van der Waals surface area (Å²) in [5, 5.41) is 6.03. The number of anilines is 1. The highest BCUT2D eigenvalue weighted by atomic mass is 35.5. The van der Waals surface area contributed by atoms with Crippen LogP contribution in [0.25, 0.3) is 0 Å². The van der Waals surface area contributed by atoms with E-state index >= 15 is 0 Å². The Morgan fingerprint density at radius 3 is 2.71 bits per heavy atom. The molecule has 0 bridgehead atoms. The smallest absolute Gasteiger partial charge is 0.338 e. The van der Waals surface area contributed by atoms with Gasteiger partial charge in [0.05, 0.1) is 28.0 Å². The molecule has 2 N–H and O–H groups in total. The van der Waals surface area contributed by atoms with Gasteiger partial charge in [0.25, 0.3) is 0 Å². The highest BCUT2D eigenvalue weighted by molar-refractivity contribution is 6.34. The van der Waals surface area contributed by atoms with Crippen LogP contribution in [0.3, 0.4) is 0 Å². The van der Waals surface area contributed by atoms with Crippen LogP contribution in [0.4, 0.5) is 10.5 Å². The summed E-state index contributed by atoms with van der Waals surface area (Å²) in [4.78, 5) is 39.4. The maximum Gasteiger partial charge on any atom is 0.338 e. The molecule has 3 amide bonds. The molecule has 7 nitrogen and oxygen atoms in total. The first-order valence-corrected chi connectivity index (χ1v) is 10.2. The van der Waals surface area contributed by atoms with Gasteiger partial charge in [0.15, 0.2) is 0 Å². The first-order chi connectivity index (χ1) is 14.8. The average molecular weight is 440 g/mol. The summed E-state index contributed by atoms with van der Waals surface area (Å²) in [7, 11) is 0. The Hall–Kier alpha value is -3.32. The molecule has 0 spiro atoms. The second-order valence-corrected chi connectivity index (χ2v) is 8.15. The van der Waals surface area contributed by atoms with Crippen molar-refractivity contribution in [3.63, 3.8) is 0 Å². The van der Waals surface area contributed by atoms with E-state index in [1.807, 2.05) is 45.0 Å². The number of carbonyl (C=O) groups is 3. The van der Waals surface area contributed by atoms with E-state index in [2.05, 4.69) is 10.6 Å². The molecule has 1 atom stereocenters. The standard InChI is InChI=1S/C23H22ClN3O4/c1-12-7-8-13(2)15(9-12)21-19-17(11-31-22(19)29)27(23(30)26-21)10-18(28)25-20-14(3)5-4-6-16(20)24/h4-9,21H,10-11H2,1-3H3,(H,25,28)(H,26,30). The van der Waals surface area contributed by atoms with Crippen molar-refractivity contribution in [2.24, 2.45) is 0 Å². The third kappa shape index (κ3) is 3.88. The van der Waals surface area contributed by atoms with Crippen molar-refractivity contribution in [3.8, 4) is 0 Å². The van der Waals surface area contributed by atoms with Gasteiger partial charge in [-0.05, 0) is 43.5 Å². The van der Waals surface area contributed by atoms with Crippen LogP contribution in [-0.4, -0.2) is 36.0 Å². The van der Waals surface area contributed by atoms with Crippen LogP contribution in [0.5, 0.6) is 0 Å². The van der Waals surface area contributed by atoms with Gasteiger partial charge in [0.2, 0.25) is 5.91 Å². The summed E-state index contributed by atoms with van der Waals surface area (Å²) in [5.41, 5.74) is 4.85. The SMILES string of the molecule is Cc1ccc(C)c(C2NC(=O)N(CC(=O)Nc3c(C)cccc3Cl)C3=C2C(=O)OC3)c1. The molecule has 4 rings (SSSR count). The second-order valence-electron chi connectivity index (χ2n) is 7.75. The number of benzene rings is 2. The number of hydrogen-bond acceptors (Lipinski definition) is 4. The van der Waals surface area contributed by atoms with E-state index in [9.17, 15) is 14.4 Å². The fourth-order valence-electron chi connectivity index (χ4n) is 3.90. The Morgan fingerprint density at radius 1 is 1.19 bits per heavy atom. The summed E-state index contributed by atoms with van der Waals surface area (Å²) in [6, 6.07) is 10.1. The van der Waals surface area contributed by atoms with Crippen LogP contribution in [0, 0.1) is 20.8 Å². The Morgan fingerprint density at radius 2 is 1.97 bits per heavy atom. The van der Waals surface area contributed by atoms with Crippen molar-refractivity contribution in [1.82, 2.24) is 10.2 Å². The minimum Gasteiger partial charge on any atom is -0.456 e. The van der Waals surface area contributed by atoms with E-state index in [1.165, 1.54) is 4.90 Å². The number of halogens is 1. The number of carbonyl (C=O) groups excluding carboxylic acids is 3. The molecule has 0 aliphatic carbocycles. The maximum atomic E-state index is 13.0. The number of para-hydroxylation sites is 1. The van der Waals surface area contributed by atoms with Crippen molar-refractivity contribution >= 4 is 35.2 Å². The molecule has 0 fully saturated rings. The molecule has 2 aromatic carbocycles. The van der Waals surface area contributed by atoms with E-state index < -0.39 is 23.9 Å². The number of aryl methyl sites for hydroxylation is 3. The van der Waals surface area contributed by atoms with Crippen LogP contribution in [0.15, 0.2) is 47.7 Å². The summed E-state index contributed by atoms with van der Waals surface area (Å²) < 4.78 is 5.24. The third-order valence-electron chi connectivity index (χ3n) is 5.53. The van der Waals surface area contributed by atoms with Crippen molar-refractivity contribution < 1.29 is 19.1 Å². The summed E-state index contributed by atoms with van der Waals surface area (Å²) >= 11 is 6.19. The predicted molar refractivity (Wildman–Crippen MR) is 117 cm³/mol. The molecule has 2 heterocycles. The van der Waals surface area contributed by atoms with Gasteiger partial charge in [-0.1, -0.05) is 47.5 Å². The van der Waals surface area contributed by atoms with Crippen LogP contribution in [0.1, 0.15) is 28.3 Å². The van der Waals surface area contributed by atoms with Crippen LogP contribution < -0.4 is 10.6 Å². The van der Waals surface area contributed by atoms with E-state index in [4.69, 9.17) is 16.3 Å². The lowest BCUT2D eigenvalue weighted by Gasteiger charge is -2.33. The van der Waals surface area contributed by atoms with Gasteiger partial charge < -0.3 is 15.4 Å². The lowest BCUT2D eigenvalue weighted by molar-refractivity contribution is -0.136. The molecule has 0 saturated carbocycles. The number of nitrogens with one attached hydrogen (secondary N) is 2. The average Bonchev–Trinajstić information content (AvgIpc) is 3.10. The zero-order valence-electron chi connectivity index (χ0n) is 17.4. The molecule has 8 heteroatoms. The van der Waals surface area contributed by atoms with Crippen molar-refractivity contribution in [1.29, 1.82) is 0 Å². The number of urea groups is 1. The van der Waals surface area contributed by atoms with Crippen molar-refractivity contribution in [2.45, 2.75) is 26.8 Å². The fraction of sp³-hybridized carbons (Fsp3) is 0.261. The lowest BCUT2D eigenvalue weighted by Crippen LogP contribution is -2.49. The fourth-order valence-corrected chi connectivity index (χ4v) is 4.16. The van der Waals surface area contributed by atoms with E-state index in [1.54, 1.807) is 12.1 Å².